The molecule has 0 aromatic heterocycles. The molecule has 2 fully saturated rings. The Morgan fingerprint density at radius 3 is 2.50 bits per heavy atom. The van der Waals surface area contributed by atoms with Crippen LogP contribution in [0.3, 0.4) is 0 Å². The number of piperazine rings is 1. The van der Waals surface area contributed by atoms with Crippen LogP contribution in [0.15, 0.2) is 46.9 Å². The van der Waals surface area contributed by atoms with Crippen LogP contribution in [0.25, 0.3) is 0 Å². The standard InChI is InChI=1S/C21H24BrClN2O/c1-26-21-13-18(6-7-20(21)22)25-10-8-24(9-11-25)14-16-12-19(16)15-2-4-17(23)5-3-15/h2-7,13,16,19H,8-12,14H2,1H3/t16-,19-/m1/s1. The van der Waals surface area contributed by atoms with Crippen LogP contribution in [0, 0.1) is 5.92 Å². The van der Waals surface area contributed by atoms with Crippen molar-refractivity contribution in [2.75, 3.05) is 44.7 Å². The summed E-state index contributed by atoms with van der Waals surface area (Å²) in [6.07, 6.45) is 1.31. The second-order valence-electron chi connectivity index (χ2n) is 7.26. The average Bonchev–Trinajstić information content (AvgIpc) is 3.42. The zero-order chi connectivity index (χ0) is 18.1. The molecular formula is C21H24BrClN2O. The summed E-state index contributed by atoms with van der Waals surface area (Å²) in [5.74, 6) is 2.42. The van der Waals surface area contributed by atoms with E-state index in [9.17, 15) is 0 Å². The summed E-state index contributed by atoms with van der Waals surface area (Å²) in [5.41, 5.74) is 2.69. The zero-order valence-electron chi connectivity index (χ0n) is 15.0. The quantitative estimate of drug-likeness (QED) is 0.654. The summed E-state index contributed by atoms with van der Waals surface area (Å²) in [7, 11) is 1.72. The molecule has 4 rings (SSSR count). The molecule has 0 N–H and O–H groups in total. The van der Waals surface area contributed by atoms with Crippen molar-refractivity contribution >= 4 is 33.2 Å². The van der Waals surface area contributed by atoms with Crippen molar-refractivity contribution in [1.29, 1.82) is 0 Å². The molecule has 26 heavy (non-hydrogen) atoms. The first-order chi connectivity index (χ1) is 12.6. The lowest BCUT2D eigenvalue weighted by atomic mass is 10.1. The molecule has 0 spiro atoms. The van der Waals surface area contributed by atoms with Crippen LogP contribution in [-0.4, -0.2) is 44.7 Å². The predicted octanol–water partition coefficient (Wildman–Crippen LogP) is 5.04. The van der Waals surface area contributed by atoms with E-state index in [1.54, 1.807) is 7.11 Å². The minimum atomic E-state index is 0.723. The Labute approximate surface area is 169 Å². The molecule has 2 aliphatic rings. The van der Waals surface area contributed by atoms with Gasteiger partial charge in [0.2, 0.25) is 0 Å². The van der Waals surface area contributed by atoms with Gasteiger partial charge in [0.15, 0.2) is 0 Å². The number of benzene rings is 2. The lowest BCUT2D eigenvalue weighted by Gasteiger charge is -2.36. The Balaban J connectivity index is 1.29. The SMILES string of the molecule is COc1cc(N2CCN(C[C@H]3C[C@@H]3c3ccc(Cl)cc3)CC2)ccc1Br. The third kappa shape index (κ3) is 4.03. The van der Waals surface area contributed by atoms with E-state index in [0.717, 1.165) is 53.3 Å². The molecule has 3 nitrogen and oxygen atoms in total. The van der Waals surface area contributed by atoms with Crippen LogP contribution >= 0.6 is 27.5 Å². The molecule has 0 radical (unpaired) electrons. The molecule has 0 amide bonds. The molecule has 5 heteroatoms. The van der Waals surface area contributed by atoms with Crippen molar-refractivity contribution in [2.45, 2.75) is 12.3 Å². The molecule has 1 aliphatic heterocycles. The summed E-state index contributed by atoms with van der Waals surface area (Å²) in [4.78, 5) is 5.07. The Bertz CT molecular complexity index is 759. The average molecular weight is 436 g/mol. The van der Waals surface area contributed by atoms with Gasteiger partial charge in [-0.1, -0.05) is 23.7 Å². The van der Waals surface area contributed by atoms with E-state index in [4.69, 9.17) is 16.3 Å². The fraction of sp³-hybridized carbons (Fsp3) is 0.429. The van der Waals surface area contributed by atoms with Gasteiger partial charge in [0.05, 0.1) is 11.6 Å². The Morgan fingerprint density at radius 2 is 1.81 bits per heavy atom. The van der Waals surface area contributed by atoms with Crippen molar-refractivity contribution in [3.8, 4) is 5.75 Å². The summed E-state index contributed by atoms with van der Waals surface area (Å²) in [6.45, 7) is 5.61. The van der Waals surface area contributed by atoms with Crippen molar-refractivity contribution in [1.82, 2.24) is 4.90 Å². The molecular weight excluding hydrogens is 412 g/mol. The molecule has 138 valence electrons. The minimum Gasteiger partial charge on any atom is -0.495 e. The van der Waals surface area contributed by atoms with Crippen LogP contribution in [0.1, 0.15) is 17.9 Å². The first-order valence-corrected chi connectivity index (χ1v) is 10.4. The zero-order valence-corrected chi connectivity index (χ0v) is 17.3. The topological polar surface area (TPSA) is 15.7 Å². The fourth-order valence-corrected chi connectivity index (χ4v) is 4.47. The van der Waals surface area contributed by atoms with Gasteiger partial charge in [-0.15, -0.1) is 0 Å². The highest BCUT2D eigenvalue weighted by Gasteiger charge is 2.39. The highest BCUT2D eigenvalue weighted by Crippen LogP contribution is 2.48. The summed E-state index contributed by atoms with van der Waals surface area (Å²) < 4.78 is 6.43. The molecule has 2 aromatic rings. The molecule has 2 aromatic carbocycles. The second-order valence-corrected chi connectivity index (χ2v) is 8.55. The van der Waals surface area contributed by atoms with Crippen molar-refractivity contribution in [2.24, 2.45) is 5.92 Å². The summed E-state index contributed by atoms with van der Waals surface area (Å²) >= 11 is 9.53. The second kappa shape index (κ2) is 7.79. The monoisotopic (exact) mass is 434 g/mol. The van der Waals surface area contributed by atoms with Crippen LogP contribution in [0.5, 0.6) is 5.75 Å². The van der Waals surface area contributed by atoms with Crippen LogP contribution < -0.4 is 9.64 Å². The maximum Gasteiger partial charge on any atom is 0.135 e. The van der Waals surface area contributed by atoms with Gasteiger partial charge in [0.25, 0.3) is 0 Å². The maximum atomic E-state index is 6.00. The third-order valence-electron chi connectivity index (χ3n) is 5.59. The van der Waals surface area contributed by atoms with Crippen LogP contribution in [-0.2, 0) is 0 Å². The van der Waals surface area contributed by atoms with E-state index in [0.29, 0.717) is 0 Å². The highest BCUT2D eigenvalue weighted by atomic mass is 79.9. The van der Waals surface area contributed by atoms with Gasteiger partial charge >= 0.3 is 0 Å². The normalized spacial score (nSPS) is 23.1. The number of ether oxygens (including phenoxy) is 1. The molecule has 1 saturated carbocycles. The van der Waals surface area contributed by atoms with E-state index in [-0.39, 0.29) is 0 Å². The predicted molar refractivity (Wildman–Crippen MR) is 112 cm³/mol. The van der Waals surface area contributed by atoms with E-state index in [1.165, 1.54) is 24.2 Å². The van der Waals surface area contributed by atoms with Crippen molar-refractivity contribution in [3.05, 3.63) is 57.5 Å². The van der Waals surface area contributed by atoms with E-state index >= 15 is 0 Å². The molecule has 0 unspecified atom stereocenters. The number of rotatable bonds is 5. The highest BCUT2D eigenvalue weighted by molar-refractivity contribution is 9.10. The number of nitrogens with zero attached hydrogens (tertiary/aromatic N) is 2. The first-order valence-electron chi connectivity index (χ1n) is 9.20. The number of methoxy groups -OCH3 is 1. The summed E-state index contributed by atoms with van der Waals surface area (Å²) in [6, 6.07) is 14.8. The van der Waals surface area contributed by atoms with Crippen LogP contribution in [0.4, 0.5) is 5.69 Å². The largest absolute Gasteiger partial charge is 0.495 e. The maximum absolute atomic E-state index is 6.00. The van der Waals surface area contributed by atoms with Crippen molar-refractivity contribution in [3.63, 3.8) is 0 Å². The number of hydrogen-bond acceptors (Lipinski definition) is 3. The Morgan fingerprint density at radius 1 is 1.08 bits per heavy atom. The van der Waals surface area contributed by atoms with Gasteiger partial charge in [0, 0.05) is 49.5 Å². The van der Waals surface area contributed by atoms with E-state index < -0.39 is 0 Å². The van der Waals surface area contributed by atoms with Gasteiger partial charge in [-0.25, -0.2) is 0 Å². The fourth-order valence-electron chi connectivity index (χ4n) is 3.93. The molecule has 2 atom stereocenters. The van der Waals surface area contributed by atoms with E-state index in [2.05, 4.69) is 56.1 Å². The first kappa shape index (κ1) is 18.1. The Kier molecular flexibility index (Phi) is 5.44. The Hall–Kier alpha value is -1.23. The summed E-state index contributed by atoms with van der Waals surface area (Å²) in [5, 5.41) is 0.826. The van der Waals surface area contributed by atoms with Gasteiger partial charge < -0.3 is 9.64 Å². The minimum absolute atomic E-state index is 0.723. The van der Waals surface area contributed by atoms with Crippen LogP contribution in [0.2, 0.25) is 5.02 Å². The smallest absolute Gasteiger partial charge is 0.135 e. The van der Waals surface area contributed by atoms with Gasteiger partial charge in [0.1, 0.15) is 5.75 Å². The lowest BCUT2D eigenvalue weighted by Crippen LogP contribution is -2.47. The van der Waals surface area contributed by atoms with Gasteiger partial charge in [-0.05, 0) is 64.0 Å². The lowest BCUT2D eigenvalue weighted by molar-refractivity contribution is 0.246. The van der Waals surface area contributed by atoms with E-state index in [1.807, 2.05) is 12.1 Å². The number of halogens is 2. The van der Waals surface area contributed by atoms with Crippen molar-refractivity contribution < 1.29 is 4.74 Å². The number of hydrogen-bond donors (Lipinski definition) is 0. The molecule has 1 heterocycles. The van der Waals surface area contributed by atoms with Gasteiger partial charge in [-0.2, -0.15) is 0 Å². The molecule has 1 saturated heterocycles. The number of anilines is 1. The van der Waals surface area contributed by atoms with Gasteiger partial charge in [-0.3, -0.25) is 4.90 Å². The molecule has 1 aliphatic carbocycles. The third-order valence-corrected chi connectivity index (χ3v) is 6.49. The molecule has 0 bridgehead atoms.